The van der Waals surface area contributed by atoms with Crippen molar-refractivity contribution in [3.63, 3.8) is 0 Å². The molecule has 96 valence electrons. The average Bonchev–Trinajstić information content (AvgIpc) is 2.30. The van der Waals surface area contributed by atoms with E-state index < -0.39 is 0 Å². The van der Waals surface area contributed by atoms with Crippen LogP contribution in [-0.2, 0) is 0 Å². The first-order valence-electron chi connectivity index (χ1n) is 5.71. The van der Waals surface area contributed by atoms with Crippen molar-refractivity contribution in [2.24, 2.45) is 0 Å². The normalized spacial score (nSPS) is 10.6. The van der Waals surface area contributed by atoms with Crippen LogP contribution in [0.4, 0.5) is 5.69 Å². The molecule has 2 nitrogen and oxygen atoms in total. The molecule has 2 aromatic carbocycles. The van der Waals surface area contributed by atoms with E-state index in [0.717, 1.165) is 21.7 Å². The minimum atomic E-state index is 0. The Hall–Kier alpha value is -1.00. The molecule has 0 N–H and O–H groups in total. The van der Waals surface area contributed by atoms with Crippen molar-refractivity contribution in [2.45, 2.75) is 0 Å². The predicted molar refractivity (Wildman–Crippen MR) is 83.9 cm³/mol. The first kappa shape index (κ1) is 15.1. The van der Waals surface area contributed by atoms with Gasteiger partial charge in [0.05, 0.1) is 21.1 Å². The number of hydrogen-bond acceptors (Lipinski definition) is 1. The first-order chi connectivity index (χ1) is 8.07. The van der Waals surface area contributed by atoms with Gasteiger partial charge in [-0.05, 0) is 18.2 Å². The fourth-order valence-corrected chi connectivity index (χ4v) is 1.71. The Morgan fingerprint density at radius 3 is 1.94 bits per heavy atom. The molecule has 0 aliphatic rings. The molecule has 0 aliphatic heterocycles. The van der Waals surface area contributed by atoms with E-state index in [-0.39, 0.29) is 23.9 Å². The van der Waals surface area contributed by atoms with Gasteiger partial charge in [0.2, 0.25) is 0 Å². The number of hydrogen-bond donors (Lipinski definition) is 0. The van der Waals surface area contributed by atoms with Crippen LogP contribution in [0.15, 0.2) is 54.6 Å². The Bertz CT molecular complexity index is 491. The van der Waals surface area contributed by atoms with Gasteiger partial charge in [-0.2, -0.15) is 0 Å². The van der Waals surface area contributed by atoms with Gasteiger partial charge in [-0.25, -0.2) is 0 Å². The molecule has 0 bridgehead atoms. The number of quaternary nitrogens is 1. The molecule has 0 saturated heterocycles. The predicted octanol–water partition coefficient (Wildman–Crippen LogP) is 2.22. The van der Waals surface area contributed by atoms with Crippen molar-refractivity contribution in [1.29, 1.82) is 0 Å². The molecule has 0 amide bonds. The fourth-order valence-electron chi connectivity index (χ4n) is 1.71. The topological polar surface area (TPSA) is 9.23 Å². The SMILES string of the molecule is C[N+](C)(C)c1ccccc1Oc1ccccc1.[SnH4]. The zero-order chi connectivity index (χ0) is 12.3. The Kier molecular flexibility index (Phi) is 5.23. The second-order valence-electron chi connectivity index (χ2n) is 4.90. The molecule has 18 heavy (non-hydrogen) atoms. The van der Waals surface area contributed by atoms with E-state index >= 15 is 0 Å². The summed E-state index contributed by atoms with van der Waals surface area (Å²) in [4.78, 5) is 0. The number of rotatable bonds is 3. The molecule has 0 saturated carbocycles. The van der Waals surface area contributed by atoms with E-state index in [1.807, 2.05) is 48.5 Å². The van der Waals surface area contributed by atoms with Gasteiger partial charge in [0, 0.05) is 6.07 Å². The third kappa shape index (κ3) is 3.75. The summed E-state index contributed by atoms with van der Waals surface area (Å²) in [7, 11) is 6.40. The molecular weight excluding hydrogens is 329 g/mol. The molecule has 2 rings (SSSR count). The third-order valence-electron chi connectivity index (χ3n) is 2.56. The molecule has 0 aromatic heterocycles. The van der Waals surface area contributed by atoms with Crippen LogP contribution in [0, 0.1) is 0 Å². The summed E-state index contributed by atoms with van der Waals surface area (Å²) in [5, 5.41) is 0. The van der Waals surface area contributed by atoms with Gasteiger partial charge in [0.1, 0.15) is 5.75 Å². The van der Waals surface area contributed by atoms with Crippen LogP contribution in [0.3, 0.4) is 0 Å². The molecule has 0 heterocycles. The summed E-state index contributed by atoms with van der Waals surface area (Å²) in [6.07, 6.45) is 0. The van der Waals surface area contributed by atoms with E-state index in [9.17, 15) is 0 Å². The Balaban J connectivity index is 0.00000162. The zero-order valence-corrected chi connectivity index (χ0v) is 10.6. The number of nitrogens with zero attached hydrogens (tertiary/aromatic N) is 1. The molecule has 2 aromatic rings. The number of para-hydroxylation sites is 3. The molecular formula is C15H22NOSn+. The zero-order valence-electron chi connectivity index (χ0n) is 10.6. The van der Waals surface area contributed by atoms with Crippen LogP contribution in [0.1, 0.15) is 0 Å². The molecule has 0 fully saturated rings. The second kappa shape index (κ2) is 6.25. The van der Waals surface area contributed by atoms with Crippen LogP contribution in [0.5, 0.6) is 11.5 Å². The maximum atomic E-state index is 5.92. The van der Waals surface area contributed by atoms with Crippen LogP contribution >= 0.6 is 0 Å². The van der Waals surface area contributed by atoms with Crippen molar-refractivity contribution >= 4 is 29.6 Å². The third-order valence-corrected chi connectivity index (χ3v) is 2.56. The summed E-state index contributed by atoms with van der Waals surface area (Å²) in [6.45, 7) is 0. The van der Waals surface area contributed by atoms with Crippen LogP contribution in [0.2, 0.25) is 0 Å². The van der Waals surface area contributed by atoms with E-state index in [1.165, 1.54) is 0 Å². The average molecular weight is 351 g/mol. The van der Waals surface area contributed by atoms with Crippen molar-refractivity contribution < 1.29 is 4.74 Å². The minimum absolute atomic E-state index is 0. The quantitative estimate of drug-likeness (QED) is 0.609. The summed E-state index contributed by atoms with van der Waals surface area (Å²) in [6, 6.07) is 18.0. The maximum absolute atomic E-state index is 5.92. The van der Waals surface area contributed by atoms with Crippen molar-refractivity contribution in [3.8, 4) is 11.5 Å². The van der Waals surface area contributed by atoms with E-state index in [0.29, 0.717) is 0 Å². The Labute approximate surface area is 126 Å². The summed E-state index contributed by atoms with van der Waals surface area (Å²) in [5.41, 5.74) is 1.16. The van der Waals surface area contributed by atoms with Gasteiger partial charge in [0.15, 0.2) is 11.4 Å². The van der Waals surface area contributed by atoms with Gasteiger partial charge < -0.3 is 4.74 Å². The molecule has 0 radical (unpaired) electrons. The Morgan fingerprint density at radius 2 is 1.33 bits per heavy atom. The number of benzene rings is 2. The van der Waals surface area contributed by atoms with E-state index in [4.69, 9.17) is 4.74 Å². The first-order valence-corrected chi connectivity index (χ1v) is 5.71. The summed E-state index contributed by atoms with van der Waals surface area (Å²) in [5.74, 6) is 1.78. The van der Waals surface area contributed by atoms with Gasteiger partial charge >= 0.3 is 23.9 Å². The second-order valence-corrected chi connectivity index (χ2v) is 4.90. The molecule has 3 heteroatoms. The number of ether oxygens (including phenoxy) is 1. The van der Waals surface area contributed by atoms with Gasteiger partial charge in [-0.15, -0.1) is 0 Å². The van der Waals surface area contributed by atoms with Gasteiger partial charge in [0.25, 0.3) is 0 Å². The summed E-state index contributed by atoms with van der Waals surface area (Å²) < 4.78 is 6.66. The molecule has 0 spiro atoms. The standard InChI is InChI=1S/C15H18NO.Sn.4H/c1-16(2,3)14-11-7-8-12-15(14)17-13-9-5-4-6-10-13;;;;;/h4-12H,1-3H3;;;;;/q+1;;;;;. The van der Waals surface area contributed by atoms with E-state index in [1.54, 1.807) is 0 Å². The molecule has 0 unspecified atom stereocenters. The van der Waals surface area contributed by atoms with Gasteiger partial charge in [-0.3, -0.25) is 4.48 Å². The molecule has 0 atom stereocenters. The monoisotopic (exact) mass is 352 g/mol. The fraction of sp³-hybridized carbons (Fsp3) is 0.200. The summed E-state index contributed by atoms with van der Waals surface area (Å²) >= 11 is 0. The van der Waals surface area contributed by atoms with Crippen LogP contribution in [-0.4, -0.2) is 45.1 Å². The van der Waals surface area contributed by atoms with Gasteiger partial charge in [-0.1, -0.05) is 30.3 Å². The van der Waals surface area contributed by atoms with Crippen LogP contribution < -0.4 is 9.22 Å². The molecule has 0 aliphatic carbocycles. The van der Waals surface area contributed by atoms with Crippen LogP contribution in [0.25, 0.3) is 0 Å². The Morgan fingerprint density at radius 1 is 0.778 bits per heavy atom. The van der Waals surface area contributed by atoms with Crippen molar-refractivity contribution in [1.82, 2.24) is 4.48 Å². The van der Waals surface area contributed by atoms with E-state index in [2.05, 4.69) is 27.2 Å². The van der Waals surface area contributed by atoms with Crippen molar-refractivity contribution in [2.75, 3.05) is 21.1 Å². The van der Waals surface area contributed by atoms with Crippen molar-refractivity contribution in [3.05, 3.63) is 54.6 Å².